The largest absolute Gasteiger partial charge is 0.456 e. The first-order valence-corrected chi connectivity index (χ1v) is 12.3. The molecule has 2 aromatic carbocycles. The zero-order chi connectivity index (χ0) is 25.0. The molecule has 0 aliphatic carbocycles. The molecule has 35 heavy (non-hydrogen) atoms. The first-order chi connectivity index (χ1) is 17.0. The number of rotatable bonds is 12. The summed E-state index contributed by atoms with van der Waals surface area (Å²) in [6.45, 7) is 4.51. The van der Waals surface area contributed by atoms with Crippen LogP contribution in [0.25, 0.3) is 0 Å². The number of nitrogens with two attached hydrogens (primary N) is 2. The zero-order valence-corrected chi connectivity index (χ0v) is 20.6. The Morgan fingerprint density at radius 1 is 1.20 bits per heavy atom. The minimum absolute atomic E-state index is 0.233. The van der Waals surface area contributed by atoms with Crippen molar-refractivity contribution in [2.24, 2.45) is 16.5 Å². The summed E-state index contributed by atoms with van der Waals surface area (Å²) in [6.07, 6.45) is 0. The van der Waals surface area contributed by atoms with Crippen LogP contribution in [0.1, 0.15) is 10.4 Å². The lowest BCUT2D eigenvalue weighted by atomic mass is 10.2. The first-order valence-electron chi connectivity index (χ1n) is 10.5. The summed E-state index contributed by atoms with van der Waals surface area (Å²) in [4.78, 5) is 23.4. The van der Waals surface area contributed by atoms with Crippen molar-refractivity contribution in [3.8, 4) is 11.5 Å². The van der Waals surface area contributed by atoms with Gasteiger partial charge in [-0.05, 0) is 42.5 Å². The maximum atomic E-state index is 12.4. The van der Waals surface area contributed by atoms with E-state index in [4.69, 9.17) is 29.6 Å². The highest BCUT2D eigenvalue weighted by Gasteiger charge is 2.14. The second-order valence-corrected chi connectivity index (χ2v) is 8.91. The monoisotopic (exact) mass is 525 g/mol. The normalized spacial score (nSPS) is 14.9. The Morgan fingerprint density at radius 3 is 2.63 bits per heavy atom. The molecule has 0 spiro atoms. The Bertz CT molecular complexity index is 1030. The van der Waals surface area contributed by atoms with E-state index >= 15 is 0 Å². The molecular formula is C21H27N5O7S2. The lowest BCUT2D eigenvalue weighted by Gasteiger charge is -2.26. The van der Waals surface area contributed by atoms with Gasteiger partial charge in [-0.15, -0.1) is 0 Å². The maximum Gasteiger partial charge on any atom is 0.280 e. The van der Waals surface area contributed by atoms with Gasteiger partial charge in [0.15, 0.2) is 5.96 Å². The van der Waals surface area contributed by atoms with Crippen molar-refractivity contribution in [1.29, 1.82) is 0 Å². The van der Waals surface area contributed by atoms with Crippen LogP contribution in [0, 0.1) is 0 Å². The van der Waals surface area contributed by atoms with Crippen LogP contribution in [0.3, 0.4) is 0 Å². The Hall–Kier alpha value is -2.56. The molecule has 1 saturated heterocycles. The Labute approximate surface area is 209 Å². The van der Waals surface area contributed by atoms with E-state index < -0.39 is 17.0 Å². The summed E-state index contributed by atoms with van der Waals surface area (Å²) in [5, 5.41) is 0. The molecule has 5 N–H and O–H groups in total. The fourth-order valence-corrected chi connectivity index (χ4v) is 4.11. The minimum atomic E-state index is -1.69. The van der Waals surface area contributed by atoms with Gasteiger partial charge in [0.05, 0.1) is 42.2 Å². The number of hydroxylamine groups is 1. The molecule has 12 nitrogen and oxygen atoms in total. The molecule has 1 unspecified atom stereocenters. The van der Waals surface area contributed by atoms with Crippen molar-refractivity contribution in [2.45, 2.75) is 9.79 Å². The van der Waals surface area contributed by atoms with Crippen LogP contribution < -0.4 is 21.7 Å². The number of carbonyl (C=O) groups excluding carboxylic acids is 1. The van der Waals surface area contributed by atoms with Gasteiger partial charge in [-0.3, -0.25) is 9.69 Å². The SMILES string of the molecule is COOSc1cc(C(=O)N=C(N)N)ccc1Oc1ccc(S(=O)ONCCN2CCOCC2)cc1. The quantitative estimate of drug-likeness (QED) is 0.0913. The number of nitrogens with one attached hydrogen (secondary N) is 1. The molecule has 1 aliphatic rings. The van der Waals surface area contributed by atoms with Gasteiger partial charge < -0.3 is 20.9 Å². The summed E-state index contributed by atoms with van der Waals surface area (Å²) in [7, 11) is 1.35. The zero-order valence-electron chi connectivity index (χ0n) is 19.0. The van der Waals surface area contributed by atoms with Gasteiger partial charge in [0.1, 0.15) is 11.5 Å². The molecule has 1 aliphatic heterocycles. The molecule has 1 atom stereocenters. The second-order valence-electron chi connectivity index (χ2n) is 7.06. The van der Waals surface area contributed by atoms with Crippen molar-refractivity contribution >= 4 is 35.0 Å². The average Bonchev–Trinajstić information content (AvgIpc) is 2.86. The van der Waals surface area contributed by atoms with E-state index in [1.165, 1.54) is 19.2 Å². The van der Waals surface area contributed by atoms with Gasteiger partial charge in [0, 0.05) is 31.7 Å². The molecule has 14 heteroatoms. The minimum Gasteiger partial charge on any atom is -0.456 e. The van der Waals surface area contributed by atoms with Crippen molar-refractivity contribution in [1.82, 2.24) is 10.4 Å². The van der Waals surface area contributed by atoms with E-state index in [0.717, 1.165) is 44.9 Å². The third kappa shape index (κ3) is 8.87. The van der Waals surface area contributed by atoms with Crippen molar-refractivity contribution in [2.75, 3.05) is 46.5 Å². The van der Waals surface area contributed by atoms with Crippen molar-refractivity contribution < 1.29 is 32.0 Å². The van der Waals surface area contributed by atoms with Crippen molar-refractivity contribution in [3.63, 3.8) is 0 Å². The number of ether oxygens (including phenoxy) is 2. The summed E-state index contributed by atoms with van der Waals surface area (Å²) in [5.41, 5.74) is 13.5. The van der Waals surface area contributed by atoms with Crippen LogP contribution in [0.15, 0.2) is 57.2 Å². The van der Waals surface area contributed by atoms with Gasteiger partial charge in [0.25, 0.3) is 5.91 Å². The predicted octanol–water partition coefficient (Wildman–Crippen LogP) is 1.35. The highest BCUT2D eigenvalue weighted by atomic mass is 32.2. The average molecular weight is 526 g/mol. The van der Waals surface area contributed by atoms with E-state index in [0.29, 0.717) is 27.8 Å². The molecule has 190 valence electrons. The summed E-state index contributed by atoms with van der Waals surface area (Å²) in [5.74, 6) is -0.0931. The smallest absolute Gasteiger partial charge is 0.280 e. The van der Waals surface area contributed by atoms with E-state index in [9.17, 15) is 9.00 Å². The van der Waals surface area contributed by atoms with Gasteiger partial charge in [-0.2, -0.15) is 19.1 Å². The number of carbonyl (C=O) groups is 1. The van der Waals surface area contributed by atoms with Crippen LogP contribution >= 0.6 is 12.0 Å². The van der Waals surface area contributed by atoms with E-state index in [2.05, 4.69) is 20.3 Å². The highest BCUT2D eigenvalue weighted by molar-refractivity contribution is 7.94. The molecule has 0 saturated carbocycles. The van der Waals surface area contributed by atoms with Gasteiger partial charge in [-0.1, -0.05) is 0 Å². The predicted molar refractivity (Wildman–Crippen MR) is 130 cm³/mol. The van der Waals surface area contributed by atoms with Gasteiger partial charge >= 0.3 is 0 Å². The van der Waals surface area contributed by atoms with E-state index in [1.807, 2.05) is 0 Å². The molecule has 1 fully saturated rings. The topological polar surface area (TPSA) is 160 Å². The third-order valence-corrected chi connectivity index (χ3v) is 6.25. The summed E-state index contributed by atoms with van der Waals surface area (Å²) in [6, 6.07) is 11.1. The number of morpholine rings is 1. The molecule has 0 radical (unpaired) electrons. The van der Waals surface area contributed by atoms with Gasteiger partial charge in [-0.25, -0.2) is 9.10 Å². The van der Waals surface area contributed by atoms with E-state index in [-0.39, 0.29) is 11.5 Å². The number of hydrogen-bond donors (Lipinski definition) is 3. The first kappa shape index (κ1) is 27.0. The standard InChI is InChI=1S/C21H27N5O7S2/c1-29-33-34-19-14-15(20(27)25-21(22)23)2-7-18(19)31-16-3-5-17(6-4-16)35(28)32-24-8-9-26-10-12-30-13-11-26/h2-7,14,24H,8-13H2,1H3,(H4,22,23,25,27). The van der Waals surface area contributed by atoms with Crippen LogP contribution in [-0.2, 0) is 29.3 Å². The molecule has 1 amide bonds. The number of benzene rings is 2. The van der Waals surface area contributed by atoms with Crippen LogP contribution in [0.2, 0.25) is 0 Å². The Balaban J connectivity index is 1.57. The van der Waals surface area contributed by atoms with E-state index in [1.54, 1.807) is 30.3 Å². The fourth-order valence-electron chi connectivity index (χ4n) is 2.96. The molecule has 3 rings (SSSR count). The lowest BCUT2D eigenvalue weighted by molar-refractivity contribution is -0.160. The molecular weight excluding hydrogens is 498 g/mol. The highest BCUT2D eigenvalue weighted by Crippen LogP contribution is 2.34. The number of aliphatic imine (C=N–C) groups is 1. The Kier molecular flexibility index (Phi) is 10.9. The molecule has 2 aromatic rings. The molecule has 0 aromatic heterocycles. The van der Waals surface area contributed by atoms with Crippen molar-refractivity contribution in [3.05, 3.63) is 48.0 Å². The van der Waals surface area contributed by atoms with Crippen LogP contribution in [0.4, 0.5) is 0 Å². The number of nitrogens with zero attached hydrogens (tertiary/aromatic N) is 2. The third-order valence-electron chi connectivity index (χ3n) is 4.63. The van der Waals surface area contributed by atoms with Crippen LogP contribution in [-0.4, -0.2) is 67.5 Å². The second kappa shape index (κ2) is 14.1. The Morgan fingerprint density at radius 2 is 1.94 bits per heavy atom. The molecule has 0 bridgehead atoms. The van der Waals surface area contributed by atoms with Gasteiger partial charge in [0.2, 0.25) is 11.1 Å². The number of amides is 1. The maximum absolute atomic E-state index is 12.4. The van der Waals surface area contributed by atoms with Crippen LogP contribution in [0.5, 0.6) is 11.5 Å². The number of hydrogen-bond acceptors (Lipinski definition) is 10. The lowest BCUT2D eigenvalue weighted by Crippen LogP contribution is -2.40. The summed E-state index contributed by atoms with van der Waals surface area (Å²) >= 11 is -0.839. The summed E-state index contributed by atoms with van der Waals surface area (Å²) < 4.78 is 33.7. The molecule has 1 heterocycles. The fraction of sp³-hybridized carbons (Fsp3) is 0.333. The number of guanidine groups is 1.